The Morgan fingerprint density at radius 2 is 1.67 bits per heavy atom. The number of nitrogens with zero attached hydrogens (tertiary/aromatic N) is 3. The molecule has 8 nitrogen and oxygen atoms in total. The molecule has 1 aliphatic heterocycles. The highest BCUT2D eigenvalue weighted by Crippen LogP contribution is 2.40. The molecule has 0 spiro atoms. The molecule has 0 N–H and O–H groups in total. The summed E-state index contributed by atoms with van der Waals surface area (Å²) in [6.07, 6.45) is 0.0526. The Kier molecular flexibility index (Phi) is 6.67. The van der Waals surface area contributed by atoms with Gasteiger partial charge in [0, 0.05) is 12.1 Å². The molecule has 36 heavy (non-hydrogen) atoms. The van der Waals surface area contributed by atoms with Gasteiger partial charge in [0.2, 0.25) is 0 Å². The number of benzene rings is 2. The first-order valence-corrected chi connectivity index (χ1v) is 11.6. The molecule has 0 bridgehead atoms. The maximum atomic E-state index is 14.7. The Labute approximate surface area is 210 Å². The molecule has 10 heteroatoms. The predicted octanol–water partition coefficient (Wildman–Crippen LogP) is 4.84. The Balaban J connectivity index is 1.43. The van der Waals surface area contributed by atoms with Gasteiger partial charge in [-0.1, -0.05) is 54.9 Å². The van der Waals surface area contributed by atoms with Gasteiger partial charge >= 0.3 is 11.9 Å². The van der Waals surface area contributed by atoms with Crippen LogP contribution in [0.5, 0.6) is 0 Å². The molecule has 184 valence electrons. The van der Waals surface area contributed by atoms with Crippen LogP contribution in [0.25, 0.3) is 11.0 Å². The van der Waals surface area contributed by atoms with Crippen molar-refractivity contribution in [1.82, 2.24) is 14.5 Å². The highest BCUT2D eigenvalue weighted by molar-refractivity contribution is 6.34. The third-order valence-electron chi connectivity index (χ3n) is 6.08. The van der Waals surface area contributed by atoms with Gasteiger partial charge in [-0.3, -0.25) is 0 Å². The fraction of sp³-hybridized carbons (Fsp3) is 0.231. The first kappa shape index (κ1) is 23.9. The summed E-state index contributed by atoms with van der Waals surface area (Å²) in [6, 6.07) is 17.0. The monoisotopic (exact) mass is 509 g/mol. The van der Waals surface area contributed by atoms with Crippen LogP contribution < -0.4 is 0 Å². The minimum atomic E-state index is -0.817. The summed E-state index contributed by atoms with van der Waals surface area (Å²) in [5.74, 6) is -2.16. The van der Waals surface area contributed by atoms with Crippen molar-refractivity contribution < 1.29 is 28.2 Å². The second-order valence-electron chi connectivity index (χ2n) is 8.37. The second kappa shape index (κ2) is 10.0. The molecule has 1 aliphatic rings. The van der Waals surface area contributed by atoms with E-state index in [0.717, 1.165) is 0 Å². The van der Waals surface area contributed by atoms with Crippen molar-refractivity contribution in [2.45, 2.75) is 25.4 Å². The number of hydrogen-bond donors (Lipinski definition) is 0. The summed E-state index contributed by atoms with van der Waals surface area (Å²) >= 11 is 6.08. The van der Waals surface area contributed by atoms with E-state index in [-0.39, 0.29) is 22.8 Å². The van der Waals surface area contributed by atoms with Gasteiger partial charge in [-0.05, 0) is 24.3 Å². The minimum Gasteiger partial charge on any atom is -0.459 e. The molecule has 0 radical (unpaired) electrons. The van der Waals surface area contributed by atoms with Crippen molar-refractivity contribution >= 4 is 34.6 Å². The van der Waals surface area contributed by atoms with Crippen molar-refractivity contribution in [3.05, 3.63) is 95.3 Å². The summed E-state index contributed by atoms with van der Waals surface area (Å²) in [4.78, 5) is 33.4. The third-order valence-corrected chi connectivity index (χ3v) is 6.37. The van der Waals surface area contributed by atoms with E-state index in [1.165, 1.54) is 17.1 Å². The maximum Gasteiger partial charge on any atom is 0.338 e. The third kappa shape index (κ3) is 4.55. The van der Waals surface area contributed by atoms with E-state index in [9.17, 15) is 14.0 Å². The fourth-order valence-electron chi connectivity index (χ4n) is 4.30. The lowest BCUT2D eigenvalue weighted by atomic mass is 10.0. The minimum absolute atomic E-state index is 0.0257. The lowest BCUT2D eigenvalue weighted by molar-refractivity contribution is -0.0566. The number of ether oxygens (including phenoxy) is 3. The zero-order valence-corrected chi connectivity index (χ0v) is 19.8. The fourth-order valence-corrected chi connectivity index (χ4v) is 4.52. The zero-order valence-electron chi connectivity index (χ0n) is 19.1. The first-order chi connectivity index (χ1) is 17.4. The van der Waals surface area contributed by atoms with Gasteiger partial charge in [0.25, 0.3) is 0 Å². The van der Waals surface area contributed by atoms with Gasteiger partial charge in [0.15, 0.2) is 5.82 Å². The average molecular weight is 510 g/mol. The number of hydrogen-bond acceptors (Lipinski definition) is 7. The van der Waals surface area contributed by atoms with Crippen LogP contribution in [0.1, 0.15) is 33.9 Å². The van der Waals surface area contributed by atoms with Gasteiger partial charge < -0.3 is 18.8 Å². The first-order valence-electron chi connectivity index (χ1n) is 11.2. The van der Waals surface area contributed by atoms with Crippen molar-refractivity contribution in [2.24, 2.45) is 5.92 Å². The molecule has 2 aromatic carbocycles. The Hall–Kier alpha value is -3.82. The van der Waals surface area contributed by atoms with Gasteiger partial charge in [-0.2, -0.15) is 0 Å². The van der Waals surface area contributed by atoms with E-state index in [1.807, 2.05) is 0 Å². The number of rotatable bonds is 6. The Morgan fingerprint density at radius 3 is 2.33 bits per heavy atom. The molecule has 1 fully saturated rings. The highest BCUT2D eigenvalue weighted by Gasteiger charge is 2.47. The maximum absolute atomic E-state index is 14.7. The van der Waals surface area contributed by atoms with Crippen LogP contribution in [-0.4, -0.2) is 45.3 Å². The lowest BCUT2D eigenvalue weighted by Crippen LogP contribution is -2.35. The largest absolute Gasteiger partial charge is 0.459 e. The smallest absolute Gasteiger partial charge is 0.338 e. The van der Waals surface area contributed by atoms with Gasteiger partial charge in [-0.15, -0.1) is 0 Å². The van der Waals surface area contributed by atoms with Crippen LogP contribution in [0.15, 0.2) is 73.2 Å². The van der Waals surface area contributed by atoms with Crippen LogP contribution >= 0.6 is 11.6 Å². The molecule has 4 aromatic rings. The van der Waals surface area contributed by atoms with Crippen molar-refractivity contribution in [2.75, 3.05) is 6.61 Å². The molecule has 4 atom stereocenters. The molecule has 0 saturated carbocycles. The van der Waals surface area contributed by atoms with Gasteiger partial charge in [0.1, 0.15) is 42.2 Å². The van der Waals surface area contributed by atoms with Crippen molar-refractivity contribution in [3.8, 4) is 0 Å². The molecule has 5 rings (SSSR count). The number of esters is 2. The number of aromatic nitrogens is 3. The second-order valence-corrected chi connectivity index (χ2v) is 8.73. The molecule has 3 heterocycles. The summed E-state index contributed by atoms with van der Waals surface area (Å²) in [5.41, 5.74) is 0.979. The molecule has 1 saturated heterocycles. The van der Waals surface area contributed by atoms with Crippen LogP contribution in [0.4, 0.5) is 4.39 Å². The van der Waals surface area contributed by atoms with E-state index in [4.69, 9.17) is 25.8 Å². The van der Waals surface area contributed by atoms with Crippen LogP contribution in [0, 0.1) is 11.7 Å². The van der Waals surface area contributed by atoms with E-state index in [2.05, 4.69) is 9.97 Å². The topological polar surface area (TPSA) is 92.5 Å². The molecular weight excluding hydrogens is 489 g/mol. The normalized spacial score (nSPS) is 21.4. The van der Waals surface area contributed by atoms with Crippen LogP contribution in [0.2, 0.25) is 5.15 Å². The van der Waals surface area contributed by atoms with Crippen LogP contribution in [-0.2, 0) is 14.2 Å². The SMILES string of the molecule is CC1C(OC(=O)c2ccccc2)C(COC(=O)c2ccccc2)OC1n1cc(F)c2c(Cl)ncnc21. The standard InChI is InChI=1S/C26H21ClFN3O5/c1-15-21(36-26(33)17-10-6-3-7-11-17)19(13-34-25(32)16-8-4-2-5-9-16)35-24(15)31-12-18(28)20-22(27)29-14-30-23(20)31/h2-12,14-15,19,21,24H,13H2,1H3. The Morgan fingerprint density at radius 1 is 1.03 bits per heavy atom. The molecule has 0 amide bonds. The molecule has 0 aliphatic carbocycles. The predicted molar refractivity (Wildman–Crippen MR) is 128 cm³/mol. The van der Waals surface area contributed by atoms with Crippen LogP contribution in [0.3, 0.4) is 0 Å². The van der Waals surface area contributed by atoms with Gasteiger partial charge in [0.05, 0.1) is 16.5 Å². The van der Waals surface area contributed by atoms with E-state index >= 15 is 0 Å². The quantitative estimate of drug-likeness (QED) is 0.271. The summed E-state index contributed by atoms with van der Waals surface area (Å²) in [5, 5.41) is 0.0362. The summed E-state index contributed by atoms with van der Waals surface area (Å²) in [7, 11) is 0. The van der Waals surface area contributed by atoms with E-state index in [1.54, 1.807) is 67.6 Å². The number of fused-ring (bicyclic) bond motifs is 1. The molecular formula is C26H21ClFN3O5. The van der Waals surface area contributed by atoms with Crippen molar-refractivity contribution in [1.29, 1.82) is 0 Å². The zero-order chi connectivity index (χ0) is 25.2. The van der Waals surface area contributed by atoms with Gasteiger partial charge in [-0.25, -0.2) is 23.9 Å². The van der Waals surface area contributed by atoms with E-state index in [0.29, 0.717) is 11.1 Å². The number of halogens is 2. The Bertz CT molecular complexity index is 1400. The average Bonchev–Trinajstić information content (AvgIpc) is 3.40. The number of carbonyl (C=O) groups is 2. The van der Waals surface area contributed by atoms with E-state index < -0.39 is 42.1 Å². The highest BCUT2D eigenvalue weighted by atomic mass is 35.5. The number of carbonyl (C=O) groups excluding carboxylic acids is 2. The summed E-state index contributed by atoms with van der Waals surface area (Å²) in [6.45, 7) is 1.62. The molecule has 2 aromatic heterocycles. The molecule has 4 unspecified atom stereocenters. The van der Waals surface area contributed by atoms with Crippen molar-refractivity contribution in [3.63, 3.8) is 0 Å². The summed E-state index contributed by atoms with van der Waals surface area (Å²) < 4.78 is 33.7. The lowest BCUT2D eigenvalue weighted by Gasteiger charge is -2.21.